The van der Waals surface area contributed by atoms with Crippen molar-refractivity contribution in [1.82, 2.24) is 26.5 Å². The number of fused-ring (bicyclic) bond motifs is 1. The zero-order chi connectivity index (χ0) is 36.7. The first-order valence-corrected chi connectivity index (χ1v) is 16.9. The van der Waals surface area contributed by atoms with Gasteiger partial charge in [-0.05, 0) is 48.6 Å². The highest BCUT2D eigenvalue weighted by molar-refractivity contribution is 6.00. The summed E-state index contributed by atoms with van der Waals surface area (Å²) < 4.78 is 5.38. The first-order valence-electron chi connectivity index (χ1n) is 16.9. The van der Waals surface area contributed by atoms with E-state index < -0.39 is 35.9 Å². The molecule has 0 bridgehead atoms. The molecule has 5 aromatic rings. The second-order valence-electron chi connectivity index (χ2n) is 12.1. The van der Waals surface area contributed by atoms with Crippen molar-refractivity contribution in [1.29, 1.82) is 0 Å². The zero-order valence-corrected chi connectivity index (χ0v) is 29.0. The van der Waals surface area contributed by atoms with Crippen LogP contribution in [0.1, 0.15) is 48.9 Å². The second-order valence-corrected chi connectivity index (χ2v) is 12.1. The van der Waals surface area contributed by atoms with Gasteiger partial charge in [-0.1, -0.05) is 109 Å². The molecule has 0 saturated carbocycles. The summed E-state index contributed by atoms with van der Waals surface area (Å²) in [4.78, 5) is 56.6. The number of amides is 4. The summed E-state index contributed by atoms with van der Waals surface area (Å²) in [6, 6.07) is 33.1. The zero-order valence-electron chi connectivity index (χ0n) is 29.0. The number of rotatable bonds is 15. The van der Waals surface area contributed by atoms with E-state index in [-0.39, 0.29) is 25.9 Å². The van der Waals surface area contributed by atoms with E-state index in [4.69, 9.17) is 4.74 Å². The van der Waals surface area contributed by atoms with Crippen molar-refractivity contribution < 1.29 is 23.9 Å². The summed E-state index contributed by atoms with van der Waals surface area (Å²) in [6.45, 7) is 3.50. The smallest absolute Gasteiger partial charge is 0.408 e. The van der Waals surface area contributed by atoms with Gasteiger partial charge in [-0.15, -0.1) is 0 Å². The predicted molar refractivity (Wildman–Crippen MR) is 200 cm³/mol. The van der Waals surface area contributed by atoms with Crippen molar-refractivity contribution in [2.24, 2.45) is 10.2 Å². The third-order valence-corrected chi connectivity index (χ3v) is 8.28. The van der Waals surface area contributed by atoms with Gasteiger partial charge >= 0.3 is 6.09 Å². The summed E-state index contributed by atoms with van der Waals surface area (Å²) in [5, 5.41) is 14.7. The number of nitrogens with zero attached hydrogens (tertiary/aromatic N) is 2. The van der Waals surface area contributed by atoms with E-state index in [1.807, 2.05) is 103 Å². The predicted octanol–water partition coefficient (Wildman–Crippen LogP) is 5.35. The Morgan fingerprint density at radius 3 is 1.90 bits per heavy atom. The van der Waals surface area contributed by atoms with Crippen LogP contribution in [-0.4, -0.2) is 52.3 Å². The molecule has 12 nitrogen and oxygen atoms in total. The molecule has 0 aliphatic carbocycles. The summed E-state index contributed by atoms with van der Waals surface area (Å²) in [6.07, 6.45) is 0.769. The number of hydrogen-bond donors (Lipinski definition) is 5. The number of nitrogens with one attached hydrogen (secondary N) is 5. The molecule has 1 aromatic heterocycles. The summed E-state index contributed by atoms with van der Waals surface area (Å²) in [7, 11) is 0. The molecular weight excluding hydrogens is 658 g/mol. The molecule has 5 rings (SSSR count). The Balaban J connectivity index is 1.32. The largest absolute Gasteiger partial charge is 0.445 e. The van der Waals surface area contributed by atoms with Crippen LogP contribution in [0.5, 0.6) is 0 Å². The van der Waals surface area contributed by atoms with Gasteiger partial charge in [-0.3, -0.25) is 14.4 Å². The Morgan fingerprint density at radius 2 is 1.25 bits per heavy atom. The molecule has 0 saturated heterocycles. The minimum absolute atomic E-state index is 0.0284. The monoisotopic (exact) mass is 699 g/mol. The molecule has 2 atom stereocenters. The molecule has 1 heterocycles. The molecule has 0 aliphatic rings. The fourth-order valence-corrected chi connectivity index (χ4v) is 5.36. The van der Waals surface area contributed by atoms with Crippen molar-refractivity contribution in [3.05, 3.63) is 144 Å². The maximum absolute atomic E-state index is 13.9. The first-order chi connectivity index (χ1) is 25.3. The molecule has 52 heavy (non-hydrogen) atoms. The quantitative estimate of drug-likeness (QED) is 0.0733. The van der Waals surface area contributed by atoms with Crippen molar-refractivity contribution in [3.8, 4) is 0 Å². The Morgan fingerprint density at radius 1 is 0.673 bits per heavy atom. The fourth-order valence-electron chi connectivity index (χ4n) is 5.36. The summed E-state index contributed by atoms with van der Waals surface area (Å²) in [5.74, 6) is -1.72. The Bertz CT molecular complexity index is 2030. The van der Waals surface area contributed by atoms with Gasteiger partial charge in [0.15, 0.2) is 0 Å². The molecule has 12 heteroatoms. The normalized spacial score (nSPS) is 12.7. The van der Waals surface area contributed by atoms with Gasteiger partial charge in [0.2, 0.25) is 11.8 Å². The highest BCUT2D eigenvalue weighted by Gasteiger charge is 2.29. The number of para-hydroxylation sites is 1. The third-order valence-electron chi connectivity index (χ3n) is 8.28. The lowest BCUT2D eigenvalue weighted by molar-refractivity contribution is -0.130. The van der Waals surface area contributed by atoms with Crippen LogP contribution < -0.4 is 21.5 Å². The van der Waals surface area contributed by atoms with Gasteiger partial charge < -0.3 is 20.4 Å². The molecular formula is C40H41N7O5. The van der Waals surface area contributed by atoms with E-state index >= 15 is 0 Å². The van der Waals surface area contributed by atoms with Crippen LogP contribution in [0.3, 0.4) is 0 Å². The Labute approximate surface area is 301 Å². The molecule has 0 spiro atoms. The number of carbonyl (C=O) groups excluding carboxylic acids is 4. The van der Waals surface area contributed by atoms with E-state index in [1.165, 1.54) is 0 Å². The highest BCUT2D eigenvalue weighted by Crippen LogP contribution is 2.19. The molecule has 4 amide bonds. The average Bonchev–Trinajstić information content (AvgIpc) is 3.59. The van der Waals surface area contributed by atoms with Crippen LogP contribution in [0.25, 0.3) is 10.9 Å². The lowest BCUT2D eigenvalue weighted by atomic mass is 10.0. The number of benzene rings is 4. The standard InChI is InChI=1S/C40H41N7O5/c1-27(30-16-8-4-9-17-30)44-46-37(48)23-22-35(43-40(51)52-26-29-14-6-3-7-15-29)38(49)42-36(24-32-25-41-34-21-13-12-20-33(32)34)39(50)47-45-28(2)31-18-10-5-11-19-31/h3-21,25,35-36,41H,22-24,26H2,1-2H3,(H,42,49)(H,43,51)(H,46,48)(H,47,50)/b44-27-,45-28-/t35-,36-/m0/s1. The van der Waals surface area contributed by atoms with Crippen molar-refractivity contribution >= 4 is 46.1 Å². The van der Waals surface area contributed by atoms with Gasteiger partial charge in [0.1, 0.15) is 18.7 Å². The van der Waals surface area contributed by atoms with Gasteiger partial charge in [-0.25, -0.2) is 15.6 Å². The maximum Gasteiger partial charge on any atom is 0.408 e. The fraction of sp³-hybridized carbons (Fsp3) is 0.200. The van der Waals surface area contributed by atoms with E-state index in [0.717, 1.165) is 33.2 Å². The molecule has 0 fully saturated rings. The number of H-pyrrole nitrogens is 1. The molecule has 0 aliphatic heterocycles. The minimum atomic E-state index is -1.24. The number of hydrogen-bond acceptors (Lipinski definition) is 7. The number of carbonyl (C=O) groups is 4. The number of alkyl carbamates (subject to hydrolysis) is 1. The van der Waals surface area contributed by atoms with Gasteiger partial charge in [-0.2, -0.15) is 10.2 Å². The summed E-state index contributed by atoms with van der Waals surface area (Å²) in [5.41, 5.74) is 10.3. The van der Waals surface area contributed by atoms with Gasteiger partial charge in [0.05, 0.1) is 11.4 Å². The lowest BCUT2D eigenvalue weighted by Gasteiger charge is -2.22. The van der Waals surface area contributed by atoms with Crippen LogP contribution in [0.4, 0.5) is 4.79 Å². The topological polar surface area (TPSA) is 166 Å². The number of hydrazone groups is 2. The van der Waals surface area contributed by atoms with Gasteiger partial charge in [0, 0.05) is 29.9 Å². The molecule has 5 N–H and O–H groups in total. The van der Waals surface area contributed by atoms with E-state index in [0.29, 0.717) is 11.4 Å². The van der Waals surface area contributed by atoms with Gasteiger partial charge in [0.25, 0.3) is 5.91 Å². The lowest BCUT2D eigenvalue weighted by Crippen LogP contribution is -2.54. The maximum atomic E-state index is 13.9. The van der Waals surface area contributed by atoms with Crippen molar-refractivity contribution in [3.63, 3.8) is 0 Å². The number of aromatic nitrogens is 1. The number of aromatic amines is 1. The average molecular weight is 700 g/mol. The van der Waals surface area contributed by atoms with E-state index in [1.54, 1.807) is 32.2 Å². The van der Waals surface area contributed by atoms with Crippen molar-refractivity contribution in [2.75, 3.05) is 0 Å². The first kappa shape index (κ1) is 36.7. The number of ether oxygens (including phenoxy) is 1. The van der Waals surface area contributed by atoms with E-state index in [9.17, 15) is 19.2 Å². The molecule has 4 aromatic carbocycles. The van der Waals surface area contributed by atoms with E-state index in [2.05, 4.69) is 36.7 Å². The van der Waals surface area contributed by atoms with Crippen LogP contribution in [0.2, 0.25) is 0 Å². The molecule has 266 valence electrons. The van der Waals surface area contributed by atoms with Crippen LogP contribution in [0.15, 0.2) is 132 Å². The Kier molecular flexibility index (Phi) is 13.0. The molecule has 0 radical (unpaired) electrons. The minimum Gasteiger partial charge on any atom is -0.445 e. The highest BCUT2D eigenvalue weighted by atomic mass is 16.5. The summed E-state index contributed by atoms with van der Waals surface area (Å²) >= 11 is 0. The van der Waals surface area contributed by atoms with Crippen LogP contribution in [-0.2, 0) is 32.1 Å². The van der Waals surface area contributed by atoms with Crippen LogP contribution >= 0.6 is 0 Å². The SMILES string of the molecule is C/C(=N/NC(=O)CC[C@H](NC(=O)OCc1ccccc1)C(=O)N[C@@H](Cc1c[nH]c2ccccc12)C(=O)N/N=C(/C)c1ccccc1)c1ccccc1. The molecule has 0 unspecified atom stereocenters. The van der Waals surface area contributed by atoms with Crippen molar-refractivity contribution in [2.45, 2.75) is 51.8 Å². The van der Waals surface area contributed by atoms with Crippen LogP contribution in [0, 0.1) is 0 Å². The second kappa shape index (κ2) is 18.4. The Hall–Kier alpha value is -6.56. The third kappa shape index (κ3) is 10.7.